The van der Waals surface area contributed by atoms with E-state index in [1.165, 1.54) is 44.4 Å². The number of methoxy groups -OCH3 is 1. The Morgan fingerprint density at radius 2 is 1.95 bits per heavy atom. The van der Waals surface area contributed by atoms with Gasteiger partial charge < -0.3 is 4.74 Å². The smallest absolute Gasteiger partial charge is 0.165 e. The van der Waals surface area contributed by atoms with Crippen molar-refractivity contribution < 1.29 is 9.13 Å². The predicted octanol–water partition coefficient (Wildman–Crippen LogP) is 5.02. The number of nitrogens with zero attached hydrogens (tertiary/aromatic N) is 1. The fourth-order valence-corrected chi connectivity index (χ4v) is 2.32. The zero-order valence-electron chi connectivity index (χ0n) is 12.7. The third-order valence-corrected chi connectivity index (χ3v) is 3.59. The molecule has 0 aliphatic rings. The molecule has 0 amide bonds. The summed E-state index contributed by atoms with van der Waals surface area (Å²) in [5, 5.41) is 0. The van der Waals surface area contributed by atoms with Gasteiger partial charge in [-0.05, 0) is 42.7 Å². The lowest BCUT2D eigenvalue weighted by Crippen LogP contribution is -1.92. The van der Waals surface area contributed by atoms with Crippen molar-refractivity contribution in [1.29, 1.82) is 0 Å². The number of halogens is 1. The van der Waals surface area contributed by atoms with Gasteiger partial charge in [-0.2, -0.15) is 0 Å². The van der Waals surface area contributed by atoms with E-state index < -0.39 is 0 Å². The van der Waals surface area contributed by atoms with Crippen LogP contribution in [0.2, 0.25) is 0 Å². The Hall–Kier alpha value is -1.90. The van der Waals surface area contributed by atoms with E-state index >= 15 is 0 Å². The Balaban J connectivity index is 2.03. The normalized spacial score (nSPS) is 10.6. The van der Waals surface area contributed by atoms with Gasteiger partial charge >= 0.3 is 0 Å². The molecule has 0 saturated carbocycles. The summed E-state index contributed by atoms with van der Waals surface area (Å²) in [6, 6.07) is 8.95. The van der Waals surface area contributed by atoms with Crippen LogP contribution in [0.15, 0.2) is 36.5 Å². The molecule has 0 N–H and O–H groups in total. The number of ether oxygens (including phenoxy) is 1. The highest BCUT2D eigenvalue weighted by Gasteiger charge is 2.06. The molecule has 0 saturated heterocycles. The van der Waals surface area contributed by atoms with E-state index in [1.54, 1.807) is 6.07 Å². The molecule has 0 fully saturated rings. The first kappa shape index (κ1) is 15.5. The van der Waals surface area contributed by atoms with Crippen LogP contribution in [0, 0.1) is 5.82 Å². The first-order valence-electron chi connectivity index (χ1n) is 7.53. The summed E-state index contributed by atoms with van der Waals surface area (Å²) in [6.07, 6.45) is 7.96. The second-order valence-corrected chi connectivity index (χ2v) is 5.21. The van der Waals surface area contributed by atoms with Crippen LogP contribution in [-0.2, 0) is 6.42 Å². The molecule has 2 nitrogen and oxygen atoms in total. The molecule has 1 aromatic heterocycles. The van der Waals surface area contributed by atoms with Gasteiger partial charge in [-0.25, -0.2) is 4.39 Å². The van der Waals surface area contributed by atoms with Crippen molar-refractivity contribution in [3.8, 4) is 17.0 Å². The molecule has 21 heavy (non-hydrogen) atoms. The largest absolute Gasteiger partial charge is 0.494 e. The van der Waals surface area contributed by atoms with E-state index in [0.29, 0.717) is 0 Å². The van der Waals surface area contributed by atoms with Gasteiger partial charge in [0.15, 0.2) is 11.6 Å². The van der Waals surface area contributed by atoms with Crippen LogP contribution >= 0.6 is 0 Å². The minimum atomic E-state index is -0.361. The molecule has 2 aromatic rings. The van der Waals surface area contributed by atoms with Gasteiger partial charge in [0.25, 0.3) is 0 Å². The van der Waals surface area contributed by atoms with Crippen molar-refractivity contribution in [1.82, 2.24) is 4.98 Å². The van der Waals surface area contributed by atoms with Crippen LogP contribution in [0.5, 0.6) is 5.75 Å². The minimum absolute atomic E-state index is 0.256. The molecule has 1 heterocycles. The quantitative estimate of drug-likeness (QED) is 0.667. The fourth-order valence-electron chi connectivity index (χ4n) is 2.32. The van der Waals surface area contributed by atoms with Crippen molar-refractivity contribution in [2.24, 2.45) is 0 Å². The van der Waals surface area contributed by atoms with E-state index in [-0.39, 0.29) is 11.6 Å². The summed E-state index contributed by atoms with van der Waals surface area (Å²) < 4.78 is 18.6. The number of aromatic nitrogens is 1. The third-order valence-electron chi connectivity index (χ3n) is 3.59. The Labute approximate surface area is 126 Å². The zero-order valence-corrected chi connectivity index (χ0v) is 12.7. The Kier molecular flexibility index (Phi) is 5.73. The van der Waals surface area contributed by atoms with E-state index in [9.17, 15) is 4.39 Å². The molecule has 0 aliphatic carbocycles. The molecule has 3 heteroatoms. The molecular weight excluding hydrogens is 265 g/mol. The van der Waals surface area contributed by atoms with E-state index in [1.807, 2.05) is 18.3 Å². The molecule has 0 unspecified atom stereocenters. The highest BCUT2D eigenvalue weighted by molar-refractivity contribution is 5.60. The van der Waals surface area contributed by atoms with Crippen molar-refractivity contribution in [2.45, 2.75) is 39.0 Å². The lowest BCUT2D eigenvalue weighted by atomic mass is 10.1. The first-order valence-corrected chi connectivity index (χ1v) is 7.53. The maximum Gasteiger partial charge on any atom is 0.165 e. The fraction of sp³-hybridized carbons (Fsp3) is 0.389. The minimum Gasteiger partial charge on any atom is -0.494 e. The summed E-state index contributed by atoms with van der Waals surface area (Å²) in [4.78, 5) is 4.44. The van der Waals surface area contributed by atoms with Gasteiger partial charge in [0.2, 0.25) is 0 Å². The standard InChI is InChI=1S/C18H22FNO/c1-3-4-5-6-7-14-8-10-17(20-13-14)15-9-11-18(21-2)16(19)12-15/h8-13H,3-7H2,1-2H3. The number of pyridine rings is 1. The second-order valence-electron chi connectivity index (χ2n) is 5.21. The summed E-state index contributed by atoms with van der Waals surface area (Å²) >= 11 is 0. The lowest BCUT2D eigenvalue weighted by Gasteiger charge is -2.06. The Morgan fingerprint density at radius 1 is 1.10 bits per heavy atom. The maximum atomic E-state index is 13.7. The highest BCUT2D eigenvalue weighted by atomic mass is 19.1. The van der Waals surface area contributed by atoms with Crippen molar-refractivity contribution in [3.05, 3.63) is 47.9 Å². The van der Waals surface area contributed by atoms with E-state index in [4.69, 9.17) is 4.74 Å². The van der Waals surface area contributed by atoms with Gasteiger partial charge in [-0.15, -0.1) is 0 Å². The summed E-state index contributed by atoms with van der Waals surface area (Å²) in [6.45, 7) is 2.21. The number of hydrogen-bond acceptors (Lipinski definition) is 2. The van der Waals surface area contributed by atoms with Crippen LogP contribution in [-0.4, -0.2) is 12.1 Å². The third kappa shape index (κ3) is 4.28. The van der Waals surface area contributed by atoms with Gasteiger partial charge in [0.05, 0.1) is 12.8 Å². The number of benzene rings is 1. The number of aryl methyl sites for hydroxylation is 1. The summed E-state index contributed by atoms with van der Waals surface area (Å²) in [7, 11) is 1.46. The summed E-state index contributed by atoms with van der Waals surface area (Å²) in [5.74, 6) is -0.105. The van der Waals surface area contributed by atoms with Crippen LogP contribution < -0.4 is 4.74 Å². The number of rotatable bonds is 7. The molecule has 0 atom stereocenters. The molecule has 2 rings (SSSR count). The van der Waals surface area contributed by atoms with Crippen LogP contribution in [0.4, 0.5) is 4.39 Å². The molecule has 112 valence electrons. The maximum absolute atomic E-state index is 13.7. The zero-order chi connectivity index (χ0) is 15.1. The van der Waals surface area contributed by atoms with Crippen LogP contribution in [0.1, 0.15) is 38.2 Å². The Bertz CT molecular complexity index is 566. The highest BCUT2D eigenvalue weighted by Crippen LogP contribution is 2.24. The topological polar surface area (TPSA) is 22.1 Å². The van der Waals surface area contributed by atoms with Gasteiger partial charge in [0, 0.05) is 11.8 Å². The van der Waals surface area contributed by atoms with Gasteiger partial charge in [0.1, 0.15) is 0 Å². The van der Waals surface area contributed by atoms with Crippen LogP contribution in [0.3, 0.4) is 0 Å². The average Bonchev–Trinajstić information content (AvgIpc) is 2.52. The average molecular weight is 287 g/mol. The Morgan fingerprint density at radius 3 is 2.57 bits per heavy atom. The second kappa shape index (κ2) is 7.77. The number of unbranched alkanes of at least 4 members (excludes halogenated alkanes) is 3. The van der Waals surface area contributed by atoms with E-state index in [2.05, 4.69) is 18.0 Å². The number of hydrogen-bond donors (Lipinski definition) is 0. The first-order chi connectivity index (χ1) is 10.2. The SMILES string of the molecule is CCCCCCc1ccc(-c2ccc(OC)c(F)c2)nc1. The molecule has 0 spiro atoms. The van der Waals surface area contributed by atoms with Crippen LogP contribution in [0.25, 0.3) is 11.3 Å². The predicted molar refractivity (Wildman–Crippen MR) is 84.0 cm³/mol. The molecule has 0 aliphatic heterocycles. The van der Waals surface area contributed by atoms with Gasteiger partial charge in [-0.1, -0.05) is 32.3 Å². The molecular formula is C18H22FNO. The van der Waals surface area contributed by atoms with Crippen molar-refractivity contribution in [2.75, 3.05) is 7.11 Å². The van der Waals surface area contributed by atoms with E-state index in [0.717, 1.165) is 17.7 Å². The molecule has 0 bridgehead atoms. The molecule has 1 aromatic carbocycles. The monoisotopic (exact) mass is 287 g/mol. The summed E-state index contributed by atoms with van der Waals surface area (Å²) in [5.41, 5.74) is 2.79. The lowest BCUT2D eigenvalue weighted by molar-refractivity contribution is 0.386. The van der Waals surface area contributed by atoms with Gasteiger partial charge in [-0.3, -0.25) is 4.98 Å². The molecule has 0 radical (unpaired) electrons. The van der Waals surface area contributed by atoms with Crippen molar-refractivity contribution >= 4 is 0 Å². The van der Waals surface area contributed by atoms with Crippen molar-refractivity contribution in [3.63, 3.8) is 0 Å².